The summed E-state index contributed by atoms with van der Waals surface area (Å²) in [5.41, 5.74) is 4.59. The van der Waals surface area contributed by atoms with Crippen LogP contribution in [-0.4, -0.2) is 33.9 Å². The number of H-pyrrole nitrogens is 1. The van der Waals surface area contributed by atoms with Gasteiger partial charge >= 0.3 is 5.97 Å². The van der Waals surface area contributed by atoms with Gasteiger partial charge in [0.1, 0.15) is 22.6 Å². The number of carbonyl (C=O) groups excluding carboxylic acids is 2. The van der Waals surface area contributed by atoms with E-state index >= 15 is 0 Å². The smallest absolute Gasteiger partial charge is 0.309 e. The second-order valence-corrected chi connectivity index (χ2v) is 9.01. The summed E-state index contributed by atoms with van der Waals surface area (Å²) in [5.74, 6) is -0.627. The van der Waals surface area contributed by atoms with Crippen molar-refractivity contribution in [1.29, 1.82) is 0 Å². The molecule has 2 N–H and O–H groups in total. The summed E-state index contributed by atoms with van der Waals surface area (Å²) in [5, 5.41) is 12.3. The number of phenols is 1. The topological polar surface area (TPSA) is 92.3 Å². The number of fused-ring (bicyclic) bond motifs is 2. The number of aromatic nitrogens is 2. The third kappa shape index (κ3) is 3.96. The number of rotatable bonds is 7. The minimum Gasteiger partial charge on any atom is -0.506 e. The number of phenolic OH excluding ortho intramolecular Hbond substituents is 1. The van der Waals surface area contributed by atoms with Gasteiger partial charge in [-0.15, -0.1) is 11.3 Å². The van der Waals surface area contributed by atoms with E-state index in [-0.39, 0.29) is 18.0 Å². The van der Waals surface area contributed by atoms with Crippen LogP contribution in [0, 0.1) is 5.92 Å². The molecule has 2 aromatic heterocycles. The van der Waals surface area contributed by atoms with Crippen molar-refractivity contribution in [2.24, 2.45) is 5.92 Å². The van der Waals surface area contributed by atoms with Crippen LogP contribution in [-0.2, 0) is 16.0 Å². The number of esters is 1. The van der Waals surface area contributed by atoms with E-state index in [4.69, 9.17) is 4.74 Å². The number of benzene rings is 2. The molecular formula is C26H22N2O4S. The van der Waals surface area contributed by atoms with Gasteiger partial charge in [-0.05, 0) is 53.1 Å². The fourth-order valence-electron chi connectivity index (χ4n) is 4.39. The lowest BCUT2D eigenvalue weighted by atomic mass is 9.89. The minimum absolute atomic E-state index is 0.00670. The van der Waals surface area contributed by atoms with Gasteiger partial charge in [-0.1, -0.05) is 36.4 Å². The molecule has 1 aliphatic carbocycles. The molecule has 1 atom stereocenters. The summed E-state index contributed by atoms with van der Waals surface area (Å²) in [6.07, 6.45) is 3.36. The first-order valence-electron chi connectivity index (χ1n) is 10.7. The Hall–Kier alpha value is -3.71. The summed E-state index contributed by atoms with van der Waals surface area (Å²) in [4.78, 5) is 34.6. The molecule has 0 bridgehead atoms. The zero-order valence-electron chi connectivity index (χ0n) is 18.0. The highest BCUT2D eigenvalue weighted by Crippen LogP contribution is 2.35. The van der Waals surface area contributed by atoms with Crippen molar-refractivity contribution in [1.82, 2.24) is 9.97 Å². The van der Waals surface area contributed by atoms with Crippen LogP contribution in [0.1, 0.15) is 34.3 Å². The van der Waals surface area contributed by atoms with Crippen LogP contribution in [0.25, 0.3) is 27.3 Å². The predicted octanol–water partition coefficient (Wildman–Crippen LogP) is 5.39. The van der Waals surface area contributed by atoms with Gasteiger partial charge in [-0.3, -0.25) is 9.59 Å². The van der Waals surface area contributed by atoms with Gasteiger partial charge in [0.15, 0.2) is 5.78 Å². The molecule has 1 aliphatic rings. The van der Waals surface area contributed by atoms with E-state index in [1.807, 2.05) is 35.7 Å². The maximum Gasteiger partial charge on any atom is 0.309 e. The number of nitrogens with one attached hydrogen (secondary N) is 1. The fourth-order valence-corrected chi connectivity index (χ4v) is 5.05. The average molecular weight is 459 g/mol. The Morgan fingerprint density at radius 2 is 2.03 bits per heavy atom. The van der Waals surface area contributed by atoms with E-state index in [1.54, 1.807) is 6.07 Å². The molecule has 5 rings (SSSR count). The summed E-state index contributed by atoms with van der Waals surface area (Å²) < 4.78 is 5.03. The van der Waals surface area contributed by atoms with E-state index in [0.29, 0.717) is 28.8 Å². The number of imidazole rings is 1. The van der Waals surface area contributed by atoms with E-state index in [1.165, 1.54) is 30.1 Å². The molecule has 2 heterocycles. The highest BCUT2D eigenvalue weighted by Gasteiger charge is 2.28. The van der Waals surface area contributed by atoms with Crippen LogP contribution in [0.2, 0.25) is 0 Å². The van der Waals surface area contributed by atoms with E-state index in [0.717, 1.165) is 22.4 Å². The van der Waals surface area contributed by atoms with Crippen LogP contribution in [0.3, 0.4) is 0 Å². The van der Waals surface area contributed by atoms with E-state index < -0.39 is 11.9 Å². The van der Waals surface area contributed by atoms with Crippen LogP contribution in [0.5, 0.6) is 5.75 Å². The molecule has 0 radical (unpaired) electrons. The number of thiophene rings is 1. The minimum atomic E-state index is -0.612. The molecule has 2 aromatic carbocycles. The van der Waals surface area contributed by atoms with Gasteiger partial charge in [-0.25, -0.2) is 4.98 Å². The van der Waals surface area contributed by atoms with Crippen LogP contribution in [0.15, 0.2) is 60.0 Å². The molecule has 0 saturated heterocycles. The second-order valence-electron chi connectivity index (χ2n) is 8.06. The molecular weight excluding hydrogens is 436 g/mol. The Kier molecular flexibility index (Phi) is 5.56. The van der Waals surface area contributed by atoms with Gasteiger partial charge in [0, 0.05) is 12.0 Å². The third-order valence-corrected chi connectivity index (χ3v) is 6.92. The van der Waals surface area contributed by atoms with Crippen molar-refractivity contribution < 1.29 is 19.4 Å². The molecule has 0 aliphatic heterocycles. The molecule has 6 nitrogen and oxygen atoms in total. The lowest BCUT2D eigenvalue weighted by Crippen LogP contribution is -2.20. The highest BCUT2D eigenvalue weighted by molar-refractivity contribution is 7.13. The molecule has 0 fully saturated rings. The highest BCUT2D eigenvalue weighted by atomic mass is 32.1. The zero-order valence-corrected chi connectivity index (χ0v) is 18.8. The molecule has 166 valence electrons. The Morgan fingerprint density at radius 1 is 1.18 bits per heavy atom. The van der Waals surface area contributed by atoms with E-state index in [9.17, 15) is 14.7 Å². The maximum absolute atomic E-state index is 13.4. The number of Topliss-reactive ketones (excluding diaryl/α,β-unsaturated/α-hetero) is 1. The Balaban J connectivity index is 1.44. The molecule has 33 heavy (non-hydrogen) atoms. The van der Waals surface area contributed by atoms with Gasteiger partial charge in [0.05, 0.1) is 17.9 Å². The van der Waals surface area contributed by atoms with Crippen molar-refractivity contribution in [3.8, 4) is 16.5 Å². The third-order valence-electron chi connectivity index (χ3n) is 6.04. The number of nitrogens with zero attached hydrogens (tertiary/aromatic N) is 1. The number of methoxy groups -OCH3 is 1. The standard InChI is InChI=1S/C26H22N2O4S/c1-32-26(31)17(13-16-9-8-15-5-2-3-6-18(15)16)14-21(30)19-10-11-20(29)24-23(19)27-25(28-24)22-7-4-12-33-22/h2-7,9-12,17,29H,8,13-14H2,1H3,(H,27,28). The van der Waals surface area contributed by atoms with Gasteiger partial charge in [0.2, 0.25) is 0 Å². The second kappa shape index (κ2) is 8.67. The first-order valence-corrected chi connectivity index (χ1v) is 11.6. The summed E-state index contributed by atoms with van der Waals surface area (Å²) in [6.45, 7) is 0. The van der Waals surface area contributed by atoms with E-state index in [2.05, 4.69) is 22.1 Å². The maximum atomic E-state index is 13.4. The number of hydrogen-bond donors (Lipinski definition) is 2. The van der Waals surface area contributed by atoms with Crippen molar-refractivity contribution in [3.05, 3.63) is 76.7 Å². The fraction of sp³-hybridized carbons (Fsp3) is 0.192. The average Bonchev–Trinajstić information content (AvgIpc) is 3.58. The first-order chi connectivity index (χ1) is 16.0. The van der Waals surface area contributed by atoms with Crippen molar-refractivity contribution in [2.75, 3.05) is 7.11 Å². The van der Waals surface area contributed by atoms with Crippen LogP contribution in [0.4, 0.5) is 0 Å². The van der Waals surface area contributed by atoms with Crippen LogP contribution >= 0.6 is 11.3 Å². The zero-order chi connectivity index (χ0) is 22.9. The Labute approximate surface area is 194 Å². The largest absolute Gasteiger partial charge is 0.506 e. The lowest BCUT2D eigenvalue weighted by Gasteiger charge is -2.16. The number of ketones is 1. The number of aromatic amines is 1. The molecule has 0 spiro atoms. The summed E-state index contributed by atoms with van der Waals surface area (Å²) in [7, 11) is 1.34. The van der Waals surface area contributed by atoms with Gasteiger partial charge in [0.25, 0.3) is 0 Å². The molecule has 4 aromatic rings. The number of allylic oxidation sites excluding steroid dienone is 2. The summed E-state index contributed by atoms with van der Waals surface area (Å²) >= 11 is 1.51. The monoisotopic (exact) mass is 458 g/mol. The van der Waals surface area contributed by atoms with Gasteiger partial charge in [-0.2, -0.15) is 0 Å². The number of carbonyl (C=O) groups is 2. The quantitative estimate of drug-likeness (QED) is 0.286. The number of hydrogen-bond acceptors (Lipinski definition) is 6. The van der Waals surface area contributed by atoms with Crippen LogP contribution < -0.4 is 0 Å². The van der Waals surface area contributed by atoms with Crippen molar-refractivity contribution in [2.45, 2.75) is 19.3 Å². The normalized spacial score (nSPS) is 13.5. The molecule has 0 saturated carbocycles. The molecule has 0 amide bonds. The summed E-state index contributed by atoms with van der Waals surface area (Å²) in [6, 6.07) is 15.0. The Morgan fingerprint density at radius 3 is 2.82 bits per heavy atom. The van der Waals surface area contributed by atoms with Crippen molar-refractivity contribution in [3.63, 3.8) is 0 Å². The predicted molar refractivity (Wildman–Crippen MR) is 128 cm³/mol. The van der Waals surface area contributed by atoms with Gasteiger partial charge < -0.3 is 14.8 Å². The SMILES string of the molecule is COC(=O)C(CC(=O)c1ccc(O)c2[nH]c(-c3cccs3)nc12)CC1=CCc2ccccc21. The number of aromatic hydroxyl groups is 1. The van der Waals surface area contributed by atoms with Crippen molar-refractivity contribution >= 4 is 39.7 Å². The lowest BCUT2D eigenvalue weighted by molar-refractivity contribution is -0.145. The molecule has 1 unspecified atom stereocenters. The first kappa shape index (κ1) is 21.2. The number of ether oxygens (including phenoxy) is 1. The molecule has 7 heteroatoms. The Bertz CT molecular complexity index is 1380.